The van der Waals surface area contributed by atoms with Crippen molar-refractivity contribution < 1.29 is 27.9 Å². The number of methoxy groups -OCH3 is 1. The van der Waals surface area contributed by atoms with Gasteiger partial charge in [0.1, 0.15) is 5.75 Å². The Morgan fingerprint density at radius 2 is 1.69 bits per heavy atom. The van der Waals surface area contributed by atoms with Crippen molar-refractivity contribution in [1.82, 2.24) is 4.31 Å². The van der Waals surface area contributed by atoms with E-state index in [-0.39, 0.29) is 21.8 Å². The third-order valence-electron chi connectivity index (χ3n) is 4.76. The molecular weight excluding hydrogens is 396 g/mol. The third-order valence-corrected chi connectivity index (χ3v) is 6.65. The van der Waals surface area contributed by atoms with Gasteiger partial charge < -0.3 is 15.2 Å². The van der Waals surface area contributed by atoms with Crippen molar-refractivity contribution in [2.45, 2.75) is 24.2 Å². The van der Waals surface area contributed by atoms with Crippen molar-refractivity contribution in [1.29, 1.82) is 0 Å². The molecule has 2 aromatic rings. The number of nitrogens with one attached hydrogen (secondary N) is 1. The minimum absolute atomic E-state index is 0.0339. The second-order valence-electron chi connectivity index (χ2n) is 6.66. The predicted octanol–water partition coefficient (Wildman–Crippen LogP) is 2.82. The van der Waals surface area contributed by atoms with Gasteiger partial charge in [-0.2, -0.15) is 4.31 Å². The highest BCUT2D eigenvalue weighted by Gasteiger charge is 2.27. The Balaban J connectivity index is 1.88. The van der Waals surface area contributed by atoms with Crippen molar-refractivity contribution in [3.63, 3.8) is 0 Å². The topological polar surface area (TPSA) is 113 Å². The number of amides is 1. The van der Waals surface area contributed by atoms with Crippen molar-refractivity contribution in [2.75, 3.05) is 25.5 Å². The average molecular weight is 418 g/mol. The molecule has 154 valence electrons. The lowest BCUT2D eigenvalue weighted by Crippen LogP contribution is -2.35. The van der Waals surface area contributed by atoms with E-state index >= 15 is 0 Å². The van der Waals surface area contributed by atoms with Gasteiger partial charge in [0.25, 0.3) is 5.91 Å². The number of rotatable bonds is 6. The number of anilines is 1. The molecule has 0 atom stereocenters. The number of carboxylic acids is 1. The zero-order chi connectivity index (χ0) is 21.0. The highest BCUT2D eigenvalue weighted by Crippen LogP contribution is 2.27. The lowest BCUT2D eigenvalue weighted by atomic mass is 10.1. The number of carbonyl (C=O) groups excluding carboxylic acids is 1. The monoisotopic (exact) mass is 418 g/mol. The van der Waals surface area contributed by atoms with E-state index in [1.165, 1.54) is 53.9 Å². The number of benzene rings is 2. The first-order valence-corrected chi connectivity index (χ1v) is 10.6. The molecule has 0 saturated carbocycles. The van der Waals surface area contributed by atoms with Gasteiger partial charge in [0.15, 0.2) is 0 Å². The van der Waals surface area contributed by atoms with Gasteiger partial charge in [-0.15, -0.1) is 0 Å². The first-order chi connectivity index (χ1) is 13.8. The molecule has 1 heterocycles. The SMILES string of the molecule is COc1ccc(S(=O)(=O)N2CCCCC2)cc1C(=O)Nc1ccc(C(=O)O)cc1. The minimum atomic E-state index is -3.70. The first kappa shape index (κ1) is 20.8. The molecular formula is C20H22N2O6S. The highest BCUT2D eigenvalue weighted by atomic mass is 32.2. The second kappa shape index (κ2) is 8.62. The summed E-state index contributed by atoms with van der Waals surface area (Å²) in [5.41, 5.74) is 0.550. The van der Waals surface area contributed by atoms with Crippen LogP contribution in [0.4, 0.5) is 5.69 Å². The lowest BCUT2D eigenvalue weighted by molar-refractivity contribution is 0.0696. The maximum Gasteiger partial charge on any atom is 0.335 e. The van der Waals surface area contributed by atoms with E-state index in [4.69, 9.17) is 9.84 Å². The molecule has 1 saturated heterocycles. The van der Waals surface area contributed by atoms with Crippen LogP contribution in [0.3, 0.4) is 0 Å². The average Bonchev–Trinajstić information content (AvgIpc) is 2.74. The molecule has 0 radical (unpaired) electrons. The fourth-order valence-electron chi connectivity index (χ4n) is 3.17. The third kappa shape index (κ3) is 4.57. The molecule has 1 aliphatic heterocycles. The summed E-state index contributed by atoms with van der Waals surface area (Å²) in [6.45, 7) is 0.928. The quantitative estimate of drug-likeness (QED) is 0.746. The van der Waals surface area contributed by atoms with Gasteiger partial charge in [-0.25, -0.2) is 13.2 Å². The Morgan fingerprint density at radius 3 is 2.28 bits per heavy atom. The number of hydrogen-bond donors (Lipinski definition) is 2. The van der Waals surface area contributed by atoms with Gasteiger partial charge in [0, 0.05) is 18.8 Å². The number of ether oxygens (including phenoxy) is 1. The Hall–Kier alpha value is -2.91. The van der Waals surface area contributed by atoms with Crippen LogP contribution in [0.2, 0.25) is 0 Å². The van der Waals surface area contributed by atoms with Crippen LogP contribution in [-0.4, -0.2) is 49.9 Å². The number of sulfonamides is 1. The summed E-state index contributed by atoms with van der Waals surface area (Å²) in [5, 5.41) is 11.6. The van der Waals surface area contributed by atoms with E-state index in [1.807, 2.05) is 0 Å². The first-order valence-electron chi connectivity index (χ1n) is 9.16. The normalized spacial score (nSPS) is 14.9. The van der Waals surface area contributed by atoms with Crippen LogP contribution in [0.1, 0.15) is 40.0 Å². The summed E-state index contributed by atoms with van der Waals surface area (Å²) in [4.78, 5) is 23.7. The Morgan fingerprint density at radius 1 is 1.03 bits per heavy atom. The van der Waals surface area contributed by atoms with E-state index in [0.29, 0.717) is 18.8 Å². The Kier molecular flexibility index (Phi) is 6.19. The van der Waals surface area contributed by atoms with E-state index in [1.54, 1.807) is 0 Å². The molecule has 2 N–H and O–H groups in total. The molecule has 3 rings (SSSR count). The number of nitrogens with zero attached hydrogens (tertiary/aromatic N) is 1. The van der Waals surface area contributed by atoms with Gasteiger partial charge in [-0.3, -0.25) is 4.79 Å². The van der Waals surface area contributed by atoms with Crippen LogP contribution < -0.4 is 10.1 Å². The standard InChI is InChI=1S/C20H22N2O6S/c1-28-18-10-9-16(29(26,27)22-11-3-2-4-12-22)13-17(18)19(23)21-15-7-5-14(6-8-15)20(24)25/h5-10,13H,2-4,11-12H2,1H3,(H,21,23)(H,24,25). The van der Waals surface area contributed by atoms with Crippen LogP contribution in [0.5, 0.6) is 5.75 Å². The molecule has 0 bridgehead atoms. The summed E-state index contributed by atoms with van der Waals surface area (Å²) in [5.74, 6) is -1.39. The zero-order valence-electron chi connectivity index (χ0n) is 15.9. The summed E-state index contributed by atoms with van der Waals surface area (Å²) in [6, 6.07) is 9.85. The number of carbonyl (C=O) groups is 2. The second-order valence-corrected chi connectivity index (χ2v) is 8.60. The van der Waals surface area contributed by atoms with E-state index in [9.17, 15) is 18.0 Å². The van der Waals surface area contributed by atoms with Crippen molar-refractivity contribution in [3.05, 3.63) is 53.6 Å². The minimum Gasteiger partial charge on any atom is -0.496 e. The largest absolute Gasteiger partial charge is 0.496 e. The summed E-state index contributed by atoms with van der Waals surface area (Å²) in [6.07, 6.45) is 2.63. The van der Waals surface area contributed by atoms with Crippen LogP contribution in [0, 0.1) is 0 Å². The van der Waals surface area contributed by atoms with E-state index < -0.39 is 21.9 Å². The summed E-state index contributed by atoms with van der Waals surface area (Å²) in [7, 11) is -2.30. The lowest BCUT2D eigenvalue weighted by Gasteiger charge is -2.26. The molecule has 9 heteroatoms. The molecule has 0 aliphatic carbocycles. The molecule has 1 fully saturated rings. The zero-order valence-corrected chi connectivity index (χ0v) is 16.7. The molecule has 0 spiro atoms. The van der Waals surface area contributed by atoms with Gasteiger partial charge in [0.05, 0.1) is 23.1 Å². The fourth-order valence-corrected chi connectivity index (χ4v) is 4.72. The number of hydrogen-bond acceptors (Lipinski definition) is 5. The van der Waals surface area contributed by atoms with Crippen LogP contribution >= 0.6 is 0 Å². The molecule has 0 unspecified atom stereocenters. The van der Waals surface area contributed by atoms with Gasteiger partial charge >= 0.3 is 5.97 Å². The van der Waals surface area contributed by atoms with Crippen LogP contribution in [0.15, 0.2) is 47.4 Å². The molecule has 29 heavy (non-hydrogen) atoms. The Labute approximate surface area is 169 Å². The summed E-state index contributed by atoms with van der Waals surface area (Å²) >= 11 is 0. The molecule has 0 aromatic heterocycles. The Bertz CT molecular complexity index is 1010. The van der Waals surface area contributed by atoms with Crippen LogP contribution in [0.25, 0.3) is 0 Å². The maximum absolute atomic E-state index is 12.9. The van der Waals surface area contributed by atoms with Crippen molar-refractivity contribution in [3.8, 4) is 5.75 Å². The molecule has 8 nitrogen and oxygen atoms in total. The molecule has 1 aliphatic rings. The predicted molar refractivity (Wildman–Crippen MR) is 107 cm³/mol. The molecule has 1 amide bonds. The number of piperidine rings is 1. The van der Waals surface area contributed by atoms with Gasteiger partial charge in [0.2, 0.25) is 10.0 Å². The van der Waals surface area contributed by atoms with E-state index in [0.717, 1.165) is 19.3 Å². The van der Waals surface area contributed by atoms with Crippen molar-refractivity contribution in [2.24, 2.45) is 0 Å². The van der Waals surface area contributed by atoms with Crippen molar-refractivity contribution >= 4 is 27.6 Å². The fraction of sp³-hybridized carbons (Fsp3) is 0.300. The number of carboxylic acid groups (broad SMARTS) is 1. The number of aromatic carboxylic acids is 1. The smallest absolute Gasteiger partial charge is 0.335 e. The highest BCUT2D eigenvalue weighted by molar-refractivity contribution is 7.89. The van der Waals surface area contributed by atoms with Gasteiger partial charge in [-0.1, -0.05) is 6.42 Å². The van der Waals surface area contributed by atoms with Crippen LogP contribution in [-0.2, 0) is 10.0 Å². The van der Waals surface area contributed by atoms with Gasteiger partial charge in [-0.05, 0) is 55.3 Å². The maximum atomic E-state index is 12.9. The molecule has 2 aromatic carbocycles. The summed E-state index contributed by atoms with van der Waals surface area (Å²) < 4.78 is 32.5. The van der Waals surface area contributed by atoms with E-state index in [2.05, 4.69) is 5.32 Å².